The third kappa shape index (κ3) is 4.44. The van der Waals surface area contributed by atoms with E-state index in [-0.39, 0.29) is 30.2 Å². The van der Waals surface area contributed by atoms with Crippen LogP contribution in [0.1, 0.15) is 24.4 Å². The number of aryl methyl sites for hydroxylation is 1. The number of aromatic nitrogens is 3. The van der Waals surface area contributed by atoms with Gasteiger partial charge in [-0.1, -0.05) is 35.5 Å². The molecule has 1 N–H and O–H groups in total. The molecule has 1 aliphatic rings. The minimum atomic E-state index is -0.357. The summed E-state index contributed by atoms with van der Waals surface area (Å²) in [6.07, 6.45) is 0. The number of carbonyl (C=O) groups excluding carboxylic acids is 2. The number of fused-ring (bicyclic) bond motifs is 1. The second-order valence-corrected chi connectivity index (χ2v) is 8.77. The van der Waals surface area contributed by atoms with Gasteiger partial charge in [0.15, 0.2) is 17.6 Å². The Morgan fingerprint density at radius 1 is 1.28 bits per heavy atom. The molecule has 0 saturated carbocycles. The molecule has 8 nitrogen and oxygen atoms in total. The summed E-state index contributed by atoms with van der Waals surface area (Å²) in [5.74, 6) is 1.14. The van der Waals surface area contributed by atoms with Gasteiger partial charge >= 0.3 is 0 Å². The van der Waals surface area contributed by atoms with Crippen LogP contribution in [0.5, 0.6) is 5.75 Å². The van der Waals surface area contributed by atoms with Crippen LogP contribution >= 0.6 is 23.4 Å². The minimum absolute atomic E-state index is 0.0227. The van der Waals surface area contributed by atoms with Gasteiger partial charge in [0.1, 0.15) is 5.75 Å². The number of nitrogens with one attached hydrogen (secondary N) is 1. The summed E-state index contributed by atoms with van der Waals surface area (Å²) in [7, 11) is 1.83. The van der Waals surface area contributed by atoms with Gasteiger partial charge < -0.3 is 14.6 Å². The van der Waals surface area contributed by atoms with Crippen molar-refractivity contribution in [3.8, 4) is 5.75 Å². The third-order valence-corrected chi connectivity index (χ3v) is 6.42. The smallest absolute Gasteiger partial charge is 0.265 e. The SMILES string of the molecule is Cc1cc(Cl)ccc1NC(=O)CSc1nnc(C(C)N2C(=O)COc3ccccc32)n1C. The van der Waals surface area contributed by atoms with Crippen molar-refractivity contribution in [2.45, 2.75) is 25.0 Å². The molecule has 0 fully saturated rings. The number of thioether (sulfide) groups is 1. The lowest BCUT2D eigenvalue weighted by molar-refractivity contribution is -0.121. The molecule has 0 bridgehead atoms. The van der Waals surface area contributed by atoms with Gasteiger partial charge in [-0.25, -0.2) is 0 Å². The van der Waals surface area contributed by atoms with Crippen molar-refractivity contribution in [2.24, 2.45) is 7.05 Å². The van der Waals surface area contributed by atoms with Crippen molar-refractivity contribution in [2.75, 3.05) is 22.6 Å². The summed E-state index contributed by atoms with van der Waals surface area (Å²) in [5, 5.41) is 12.6. The van der Waals surface area contributed by atoms with Crippen LogP contribution < -0.4 is 15.0 Å². The number of anilines is 2. The Labute approximate surface area is 194 Å². The number of rotatable bonds is 6. The maximum atomic E-state index is 12.6. The highest BCUT2D eigenvalue weighted by Crippen LogP contribution is 2.37. The van der Waals surface area contributed by atoms with E-state index in [1.807, 2.05) is 49.7 Å². The molecule has 0 spiro atoms. The van der Waals surface area contributed by atoms with E-state index in [1.165, 1.54) is 11.8 Å². The van der Waals surface area contributed by atoms with E-state index in [0.717, 1.165) is 11.3 Å². The van der Waals surface area contributed by atoms with Crippen LogP contribution in [0.4, 0.5) is 11.4 Å². The molecule has 2 heterocycles. The highest BCUT2D eigenvalue weighted by atomic mass is 35.5. The summed E-state index contributed by atoms with van der Waals surface area (Å²) in [6, 6.07) is 12.4. The number of nitrogens with zero attached hydrogens (tertiary/aromatic N) is 4. The fourth-order valence-electron chi connectivity index (χ4n) is 3.56. The molecule has 1 aromatic heterocycles. The predicted octanol–water partition coefficient (Wildman–Crippen LogP) is 3.99. The van der Waals surface area contributed by atoms with E-state index in [9.17, 15) is 9.59 Å². The number of benzene rings is 2. The van der Waals surface area contributed by atoms with E-state index in [1.54, 1.807) is 23.1 Å². The fourth-order valence-corrected chi connectivity index (χ4v) is 4.51. The normalized spacial score (nSPS) is 14.0. The topological polar surface area (TPSA) is 89.3 Å². The first kappa shape index (κ1) is 22.2. The van der Waals surface area contributed by atoms with Gasteiger partial charge in [0, 0.05) is 17.8 Å². The average Bonchev–Trinajstić information content (AvgIpc) is 3.14. The summed E-state index contributed by atoms with van der Waals surface area (Å²) in [5.41, 5.74) is 2.31. The predicted molar refractivity (Wildman–Crippen MR) is 124 cm³/mol. The fraction of sp³-hybridized carbons (Fsp3) is 0.273. The first-order valence-electron chi connectivity index (χ1n) is 9.97. The Hall–Kier alpha value is -3.04. The molecule has 3 aromatic rings. The molecule has 32 heavy (non-hydrogen) atoms. The van der Waals surface area contributed by atoms with Crippen LogP contribution in [-0.4, -0.2) is 38.9 Å². The Balaban J connectivity index is 1.45. The number of ether oxygens (including phenoxy) is 1. The van der Waals surface area contributed by atoms with Crippen LogP contribution in [0, 0.1) is 6.92 Å². The summed E-state index contributed by atoms with van der Waals surface area (Å²) < 4.78 is 7.33. The molecule has 10 heteroatoms. The van der Waals surface area contributed by atoms with Crippen molar-refractivity contribution in [3.05, 3.63) is 58.9 Å². The van der Waals surface area contributed by atoms with E-state index < -0.39 is 0 Å². The quantitative estimate of drug-likeness (QED) is 0.547. The van der Waals surface area contributed by atoms with Gasteiger partial charge in [-0.3, -0.25) is 14.5 Å². The maximum Gasteiger partial charge on any atom is 0.265 e. The van der Waals surface area contributed by atoms with Gasteiger partial charge in [0.25, 0.3) is 5.91 Å². The molecular formula is C22H22ClN5O3S. The molecule has 2 amide bonds. The van der Waals surface area contributed by atoms with Gasteiger partial charge in [0.2, 0.25) is 5.91 Å². The maximum absolute atomic E-state index is 12.6. The highest BCUT2D eigenvalue weighted by Gasteiger charge is 2.32. The molecule has 4 rings (SSSR count). The van der Waals surface area contributed by atoms with Crippen LogP contribution in [0.15, 0.2) is 47.6 Å². The number of hydrogen-bond donors (Lipinski definition) is 1. The van der Waals surface area contributed by atoms with Gasteiger partial charge in [-0.05, 0) is 49.7 Å². The zero-order valence-corrected chi connectivity index (χ0v) is 19.4. The first-order valence-corrected chi connectivity index (χ1v) is 11.3. The van der Waals surface area contributed by atoms with E-state index >= 15 is 0 Å². The van der Waals surface area contributed by atoms with Crippen LogP contribution in [-0.2, 0) is 16.6 Å². The molecule has 2 aromatic carbocycles. The third-order valence-electron chi connectivity index (χ3n) is 5.17. The standard InChI is InChI=1S/C22H22ClN5O3S/c1-13-10-15(23)8-9-16(13)24-19(29)12-32-22-26-25-21(27(22)3)14(2)28-17-6-4-5-7-18(17)31-11-20(28)30/h4-10,14H,11-12H2,1-3H3,(H,24,29). The Bertz CT molecular complexity index is 1180. The average molecular weight is 472 g/mol. The molecule has 1 atom stereocenters. The van der Waals surface area contributed by atoms with Crippen molar-refractivity contribution in [3.63, 3.8) is 0 Å². The van der Waals surface area contributed by atoms with Crippen molar-refractivity contribution < 1.29 is 14.3 Å². The molecule has 1 aliphatic heterocycles. The number of carbonyl (C=O) groups is 2. The van der Waals surface area contributed by atoms with E-state index in [0.29, 0.717) is 27.4 Å². The lowest BCUT2D eigenvalue weighted by Crippen LogP contribution is -2.41. The van der Waals surface area contributed by atoms with Crippen LogP contribution in [0.3, 0.4) is 0 Å². The Kier molecular flexibility index (Phi) is 6.38. The second-order valence-electron chi connectivity index (χ2n) is 7.39. The Morgan fingerprint density at radius 2 is 2.06 bits per heavy atom. The lowest BCUT2D eigenvalue weighted by Gasteiger charge is -2.33. The van der Waals surface area contributed by atoms with Gasteiger partial charge in [0.05, 0.1) is 17.5 Å². The van der Waals surface area contributed by atoms with E-state index in [2.05, 4.69) is 15.5 Å². The first-order chi connectivity index (χ1) is 15.3. The Morgan fingerprint density at radius 3 is 2.84 bits per heavy atom. The van der Waals surface area contributed by atoms with Gasteiger partial charge in [-0.15, -0.1) is 10.2 Å². The molecule has 1 unspecified atom stereocenters. The molecule has 0 saturated heterocycles. The minimum Gasteiger partial charge on any atom is -0.482 e. The van der Waals surface area contributed by atoms with Crippen molar-refractivity contribution >= 4 is 46.6 Å². The van der Waals surface area contributed by atoms with Crippen molar-refractivity contribution in [1.82, 2.24) is 14.8 Å². The zero-order valence-electron chi connectivity index (χ0n) is 17.8. The molecule has 0 aliphatic carbocycles. The monoisotopic (exact) mass is 471 g/mol. The number of hydrogen-bond acceptors (Lipinski definition) is 6. The number of para-hydroxylation sites is 2. The summed E-state index contributed by atoms with van der Waals surface area (Å²) >= 11 is 7.24. The molecule has 0 radical (unpaired) electrons. The van der Waals surface area contributed by atoms with Crippen LogP contribution in [0.25, 0.3) is 0 Å². The lowest BCUT2D eigenvalue weighted by atomic mass is 10.1. The van der Waals surface area contributed by atoms with Gasteiger partial charge in [-0.2, -0.15) is 0 Å². The molecule has 166 valence electrons. The van der Waals surface area contributed by atoms with Crippen LogP contribution in [0.2, 0.25) is 5.02 Å². The van der Waals surface area contributed by atoms with Crippen molar-refractivity contribution in [1.29, 1.82) is 0 Å². The van der Waals surface area contributed by atoms with E-state index in [4.69, 9.17) is 16.3 Å². The summed E-state index contributed by atoms with van der Waals surface area (Å²) in [6.45, 7) is 3.76. The summed E-state index contributed by atoms with van der Waals surface area (Å²) in [4.78, 5) is 26.7. The largest absolute Gasteiger partial charge is 0.482 e. The number of halogens is 1. The molecular weight excluding hydrogens is 450 g/mol. The second kappa shape index (κ2) is 9.22. The zero-order chi connectivity index (χ0) is 22.8. The highest BCUT2D eigenvalue weighted by molar-refractivity contribution is 7.99. The number of amides is 2.